The average molecular weight is 405 g/mol. The first-order valence-electron chi connectivity index (χ1n) is 10.7. The number of aryl methyl sites for hydroxylation is 1. The van der Waals surface area contributed by atoms with Crippen molar-refractivity contribution in [2.45, 2.75) is 38.6 Å². The summed E-state index contributed by atoms with van der Waals surface area (Å²) < 4.78 is 7.45. The molecule has 0 aliphatic carbocycles. The molecule has 30 heavy (non-hydrogen) atoms. The zero-order valence-corrected chi connectivity index (χ0v) is 17.4. The highest BCUT2D eigenvalue weighted by atomic mass is 16.5. The van der Waals surface area contributed by atoms with Gasteiger partial charge in [0.1, 0.15) is 11.5 Å². The molecule has 6 heteroatoms. The molecule has 3 heterocycles. The number of piperidine rings is 1. The van der Waals surface area contributed by atoms with Crippen molar-refractivity contribution in [3.63, 3.8) is 0 Å². The van der Waals surface area contributed by atoms with Crippen LogP contribution in [0.1, 0.15) is 54.1 Å². The molecule has 1 N–H and O–H groups in total. The summed E-state index contributed by atoms with van der Waals surface area (Å²) in [5.74, 6) is 8.44. The second-order valence-corrected chi connectivity index (χ2v) is 7.72. The zero-order valence-electron chi connectivity index (χ0n) is 17.4. The van der Waals surface area contributed by atoms with E-state index in [-0.39, 0.29) is 6.61 Å². The molecule has 1 fully saturated rings. The van der Waals surface area contributed by atoms with Gasteiger partial charge in [-0.1, -0.05) is 30.1 Å². The van der Waals surface area contributed by atoms with E-state index in [0.717, 1.165) is 56.0 Å². The minimum absolute atomic E-state index is 0.244. The van der Waals surface area contributed by atoms with Gasteiger partial charge in [-0.05, 0) is 55.5 Å². The summed E-state index contributed by atoms with van der Waals surface area (Å²) in [5.41, 5.74) is 3.19. The van der Waals surface area contributed by atoms with Gasteiger partial charge >= 0.3 is 0 Å². The Bertz CT molecular complexity index is 1000. The van der Waals surface area contributed by atoms with Gasteiger partial charge in [-0.2, -0.15) is 0 Å². The number of hydrogen-bond acceptors (Lipinski definition) is 5. The van der Waals surface area contributed by atoms with Crippen LogP contribution in [0.4, 0.5) is 0 Å². The van der Waals surface area contributed by atoms with Gasteiger partial charge in [0, 0.05) is 37.0 Å². The number of likely N-dealkylation sites (tertiary alicyclic amines) is 1. The molecule has 0 unspecified atom stereocenters. The molecule has 3 aromatic rings. The van der Waals surface area contributed by atoms with Crippen molar-refractivity contribution in [1.82, 2.24) is 19.6 Å². The molecule has 1 aromatic carbocycles. The molecule has 1 aliphatic rings. The molecule has 0 amide bonds. The largest absolute Gasteiger partial charge is 0.395 e. The molecule has 4 rings (SSSR count). The summed E-state index contributed by atoms with van der Waals surface area (Å²) >= 11 is 0. The molecule has 1 saturated heterocycles. The summed E-state index contributed by atoms with van der Waals surface area (Å²) in [6.07, 6.45) is 6.93. The van der Waals surface area contributed by atoms with Gasteiger partial charge in [0.2, 0.25) is 5.76 Å². The number of aliphatic hydroxyl groups is 1. The Morgan fingerprint density at radius 3 is 2.70 bits per heavy atom. The Balaban J connectivity index is 1.35. The van der Waals surface area contributed by atoms with Crippen molar-refractivity contribution in [2.24, 2.45) is 0 Å². The first kappa shape index (κ1) is 20.4. The Hall–Kier alpha value is -2.88. The Morgan fingerprint density at radius 1 is 1.17 bits per heavy atom. The standard InChI is InChI=1S/C24H28N4O2/c1-2-24-25-11-14-28(24)18-22-17-23(30-26-22)8-5-19-3-6-20(7-4-19)21-9-12-27(13-10-21)15-16-29/h3-4,6-7,11,14,17,21,29H,2,9-10,12-13,15-16,18H2,1H3. The molecular weight excluding hydrogens is 376 g/mol. The van der Waals surface area contributed by atoms with E-state index >= 15 is 0 Å². The number of hydrogen-bond donors (Lipinski definition) is 1. The third-order valence-corrected chi connectivity index (χ3v) is 5.73. The summed E-state index contributed by atoms with van der Waals surface area (Å²) in [6.45, 7) is 5.86. The topological polar surface area (TPSA) is 67.3 Å². The van der Waals surface area contributed by atoms with Crippen molar-refractivity contribution < 1.29 is 9.63 Å². The van der Waals surface area contributed by atoms with Crippen LogP contribution in [-0.2, 0) is 13.0 Å². The van der Waals surface area contributed by atoms with Crippen molar-refractivity contribution in [1.29, 1.82) is 0 Å². The smallest absolute Gasteiger partial charge is 0.210 e. The molecule has 156 valence electrons. The van der Waals surface area contributed by atoms with Crippen molar-refractivity contribution in [3.05, 3.63) is 71.1 Å². The van der Waals surface area contributed by atoms with Crippen LogP contribution in [-0.4, -0.2) is 51.0 Å². The first-order valence-corrected chi connectivity index (χ1v) is 10.7. The number of imidazole rings is 1. The molecule has 6 nitrogen and oxygen atoms in total. The molecule has 1 aliphatic heterocycles. The summed E-state index contributed by atoms with van der Waals surface area (Å²) in [5, 5.41) is 13.2. The fourth-order valence-corrected chi connectivity index (χ4v) is 4.02. The van der Waals surface area contributed by atoms with Gasteiger partial charge in [-0.3, -0.25) is 0 Å². The van der Waals surface area contributed by atoms with Gasteiger partial charge in [0.15, 0.2) is 0 Å². The monoisotopic (exact) mass is 404 g/mol. The van der Waals surface area contributed by atoms with Crippen LogP contribution in [0.2, 0.25) is 0 Å². The predicted octanol–water partition coefficient (Wildman–Crippen LogP) is 3.05. The molecule has 0 spiro atoms. The Kier molecular flexibility index (Phi) is 6.63. The highest BCUT2D eigenvalue weighted by Gasteiger charge is 2.19. The third-order valence-electron chi connectivity index (χ3n) is 5.73. The van der Waals surface area contributed by atoms with E-state index in [0.29, 0.717) is 18.2 Å². The predicted molar refractivity (Wildman–Crippen MR) is 115 cm³/mol. The zero-order chi connectivity index (χ0) is 20.8. The lowest BCUT2D eigenvalue weighted by Gasteiger charge is -2.31. The molecule has 0 atom stereocenters. The lowest BCUT2D eigenvalue weighted by Crippen LogP contribution is -2.34. The van der Waals surface area contributed by atoms with E-state index in [4.69, 9.17) is 9.63 Å². The number of aliphatic hydroxyl groups excluding tert-OH is 1. The van der Waals surface area contributed by atoms with E-state index in [1.54, 1.807) is 0 Å². The Morgan fingerprint density at radius 2 is 1.97 bits per heavy atom. The van der Waals surface area contributed by atoms with E-state index < -0.39 is 0 Å². The minimum atomic E-state index is 0.244. The fourth-order valence-electron chi connectivity index (χ4n) is 4.02. The van der Waals surface area contributed by atoms with E-state index in [9.17, 15) is 0 Å². The first-order chi connectivity index (χ1) is 14.7. The maximum absolute atomic E-state index is 9.08. The van der Waals surface area contributed by atoms with Gasteiger partial charge < -0.3 is 19.1 Å². The van der Waals surface area contributed by atoms with E-state index in [1.165, 1.54) is 5.56 Å². The van der Waals surface area contributed by atoms with E-state index in [2.05, 4.69) is 62.6 Å². The lowest BCUT2D eigenvalue weighted by molar-refractivity contribution is 0.164. The second kappa shape index (κ2) is 9.75. The van der Waals surface area contributed by atoms with Gasteiger partial charge in [-0.25, -0.2) is 4.98 Å². The van der Waals surface area contributed by atoms with Crippen molar-refractivity contribution >= 4 is 0 Å². The highest BCUT2D eigenvalue weighted by Crippen LogP contribution is 2.27. The van der Waals surface area contributed by atoms with Crippen LogP contribution in [0.15, 0.2) is 47.2 Å². The summed E-state index contributed by atoms with van der Waals surface area (Å²) in [4.78, 5) is 6.66. The molecule has 0 radical (unpaired) electrons. The van der Waals surface area contributed by atoms with Crippen LogP contribution < -0.4 is 0 Å². The Labute approximate surface area is 177 Å². The normalized spacial score (nSPS) is 15.1. The maximum Gasteiger partial charge on any atom is 0.210 e. The van der Waals surface area contributed by atoms with Gasteiger partial charge in [0.25, 0.3) is 0 Å². The van der Waals surface area contributed by atoms with Crippen molar-refractivity contribution in [2.75, 3.05) is 26.2 Å². The molecular formula is C24H28N4O2. The van der Waals surface area contributed by atoms with Crippen LogP contribution in [0, 0.1) is 11.8 Å². The van der Waals surface area contributed by atoms with Crippen LogP contribution >= 0.6 is 0 Å². The van der Waals surface area contributed by atoms with Crippen LogP contribution in [0.5, 0.6) is 0 Å². The quantitative estimate of drug-likeness (QED) is 0.640. The van der Waals surface area contributed by atoms with Crippen molar-refractivity contribution in [3.8, 4) is 11.8 Å². The van der Waals surface area contributed by atoms with Crippen LogP contribution in [0.25, 0.3) is 0 Å². The molecule has 0 saturated carbocycles. The van der Waals surface area contributed by atoms with E-state index in [1.807, 2.05) is 18.5 Å². The number of aromatic nitrogens is 3. The number of benzene rings is 1. The fraction of sp³-hybridized carbons (Fsp3) is 0.417. The summed E-state index contributed by atoms with van der Waals surface area (Å²) in [7, 11) is 0. The third kappa shape index (κ3) is 4.99. The number of rotatable bonds is 6. The summed E-state index contributed by atoms with van der Waals surface area (Å²) in [6, 6.07) is 10.4. The van der Waals surface area contributed by atoms with Gasteiger partial charge in [0.05, 0.1) is 13.2 Å². The average Bonchev–Trinajstić information content (AvgIpc) is 3.43. The number of nitrogens with zero attached hydrogens (tertiary/aromatic N) is 4. The lowest BCUT2D eigenvalue weighted by atomic mass is 9.89. The minimum Gasteiger partial charge on any atom is -0.395 e. The highest BCUT2D eigenvalue weighted by molar-refractivity contribution is 5.41. The maximum atomic E-state index is 9.08. The molecule has 2 aromatic heterocycles. The second-order valence-electron chi connectivity index (χ2n) is 7.72. The van der Waals surface area contributed by atoms with Gasteiger partial charge in [-0.15, -0.1) is 0 Å². The molecule has 0 bridgehead atoms. The van der Waals surface area contributed by atoms with Crippen LogP contribution in [0.3, 0.4) is 0 Å². The number of β-amino-alcohol motifs (C(OH)–C–C–N with tert-alkyl or cyclic N) is 1. The SMILES string of the molecule is CCc1nccn1Cc1cc(C#Cc2ccc(C3CCN(CCO)CC3)cc2)on1.